The van der Waals surface area contributed by atoms with E-state index >= 15 is 0 Å². The summed E-state index contributed by atoms with van der Waals surface area (Å²) in [6.07, 6.45) is 4.64. The molecule has 2 amide bonds. The topological polar surface area (TPSA) is 113 Å². The average Bonchev–Trinajstić information content (AvgIpc) is 2.44. The quantitative estimate of drug-likeness (QED) is 0.287. The van der Waals surface area contributed by atoms with Gasteiger partial charge >= 0.3 is 0 Å². The predicted octanol–water partition coefficient (Wildman–Crippen LogP) is -0.511. The van der Waals surface area contributed by atoms with Gasteiger partial charge in [0, 0.05) is 16.8 Å². The number of carbonyl (C=O) groups is 2. The van der Waals surface area contributed by atoms with Crippen LogP contribution in [0.4, 0.5) is 0 Å². The van der Waals surface area contributed by atoms with Crippen LogP contribution in [0.5, 0.6) is 0 Å². The zero-order chi connectivity index (χ0) is 16.0. The number of primary amides is 1. The van der Waals surface area contributed by atoms with E-state index in [4.69, 9.17) is 11.5 Å². The van der Waals surface area contributed by atoms with Gasteiger partial charge < -0.3 is 16.4 Å². The van der Waals surface area contributed by atoms with E-state index in [1.54, 1.807) is 20.0 Å². The molecule has 1 atom stereocenters. The molecular weight excluding hydrogens is 270 g/mol. The molecule has 21 heavy (non-hydrogen) atoms. The smallest absolute Gasteiger partial charge is 0.253 e. The highest BCUT2D eigenvalue weighted by molar-refractivity contribution is 5.97. The van der Waals surface area contributed by atoms with Gasteiger partial charge in [0.1, 0.15) is 0 Å². The molecule has 0 aliphatic heterocycles. The first kappa shape index (κ1) is 16.9. The van der Waals surface area contributed by atoms with Crippen molar-refractivity contribution < 1.29 is 9.59 Å². The third kappa shape index (κ3) is 4.44. The van der Waals surface area contributed by atoms with Crippen molar-refractivity contribution in [3.63, 3.8) is 0 Å². The van der Waals surface area contributed by atoms with Crippen molar-refractivity contribution in [1.82, 2.24) is 15.8 Å². The van der Waals surface area contributed by atoms with Crippen LogP contribution < -0.4 is 22.3 Å². The molecule has 0 saturated heterocycles. The summed E-state index contributed by atoms with van der Waals surface area (Å²) in [6.45, 7) is 5.44. The lowest BCUT2D eigenvalue weighted by Crippen LogP contribution is -2.52. The molecule has 1 aliphatic rings. The van der Waals surface area contributed by atoms with Crippen molar-refractivity contribution in [3.8, 4) is 0 Å². The van der Waals surface area contributed by atoms with Crippen LogP contribution in [0.25, 0.3) is 0 Å². The van der Waals surface area contributed by atoms with E-state index < -0.39 is 5.91 Å². The fourth-order valence-electron chi connectivity index (χ4n) is 2.04. The van der Waals surface area contributed by atoms with Crippen molar-refractivity contribution in [2.75, 3.05) is 13.6 Å². The van der Waals surface area contributed by atoms with Crippen LogP contribution in [-0.2, 0) is 9.59 Å². The summed E-state index contributed by atoms with van der Waals surface area (Å²) < 4.78 is 0. The van der Waals surface area contributed by atoms with E-state index in [1.807, 2.05) is 6.08 Å². The first-order valence-electron chi connectivity index (χ1n) is 6.74. The third-order valence-corrected chi connectivity index (χ3v) is 3.26. The number of nitrogens with zero attached hydrogens (tertiary/aromatic N) is 1. The molecule has 0 heterocycles. The van der Waals surface area contributed by atoms with Crippen LogP contribution in [0.1, 0.15) is 19.8 Å². The number of allylic oxidation sites excluding steroid dienone is 2. The summed E-state index contributed by atoms with van der Waals surface area (Å²) >= 11 is 0. The van der Waals surface area contributed by atoms with Crippen molar-refractivity contribution in [3.05, 3.63) is 35.6 Å². The number of nitrogens with one attached hydrogen (secondary N) is 2. The number of hydrogen-bond acceptors (Lipinski definition) is 5. The molecule has 7 nitrogen and oxygen atoms in total. The summed E-state index contributed by atoms with van der Waals surface area (Å²) in [7, 11) is 1.69. The van der Waals surface area contributed by atoms with E-state index in [0.717, 1.165) is 6.42 Å². The average molecular weight is 293 g/mol. The third-order valence-electron chi connectivity index (χ3n) is 3.26. The Kier molecular flexibility index (Phi) is 6.13. The second kappa shape index (κ2) is 7.61. The number of amides is 2. The van der Waals surface area contributed by atoms with E-state index in [9.17, 15) is 9.59 Å². The van der Waals surface area contributed by atoms with Gasteiger partial charge in [0.25, 0.3) is 5.91 Å². The van der Waals surface area contributed by atoms with Crippen molar-refractivity contribution in [2.24, 2.45) is 11.5 Å². The Balaban J connectivity index is 2.99. The molecule has 116 valence electrons. The Labute approximate surface area is 124 Å². The molecule has 0 fully saturated rings. The van der Waals surface area contributed by atoms with Gasteiger partial charge in [-0.05, 0) is 32.9 Å². The number of nitrogens with two attached hydrogens (primary N) is 2. The van der Waals surface area contributed by atoms with Crippen LogP contribution in [0, 0.1) is 0 Å². The molecule has 0 spiro atoms. The van der Waals surface area contributed by atoms with Gasteiger partial charge in [-0.3, -0.25) is 15.0 Å². The zero-order valence-electron chi connectivity index (χ0n) is 12.5. The lowest BCUT2D eigenvalue weighted by atomic mass is 10.0. The number of hydrazine groups is 1. The fourth-order valence-corrected chi connectivity index (χ4v) is 2.04. The van der Waals surface area contributed by atoms with E-state index in [2.05, 4.69) is 17.4 Å². The van der Waals surface area contributed by atoms with Crippen molar-refractivity contribution in [1.29, 1.82) is 0 Å². The molecular formula is C14H23N5O2. The van der Waals surface area contributed by atoms with Crippen LogP contribution in [0.3, 0.4) is 0 Å². The first-order chi connectivity index (χ1) is 9.88. The molecule has 6 N–H and O–H groups in total. The largest absolute Gasteiger partial charge is 0.398 e. The molecule has 0 aromatic heterocycles. The lowest BCUT2D eigenvalue weighted by molar-refractivity contribution is -0.129. The summed E-state index contributed by atoms with van der Waals surface area (Å²) in [5.74, 6) is -0.857. The van der Waals surface area contributed by atoms with Gasteiger partial charge in [0.15, 0.2) is 0 Å². The molecule has 1 rings (SSSR count). The maximum atomic E-state index is 12.7. The molecule has 0 aromatic carbocycles. The summed E-state index contributed by atoms with van der Waals surface area (Å²) in [5.41, 5.74) is 17.9. The van der Waals surface area contributed by atoms with Crippen LogP contribution in [0.15, 0.2) is 35.6 Å². The highest BCUT2D eigenvalue weighted by Crippen LogP contribution is 2.19. The minimum atomic E-state index is -0.630. The molecule has 0 bridgehead atoms. The normalized spacial score (nSPS) is 15.7. The zero-order valence-corrected chi connectivity index (χ0v) is 12.5. The molecule has 1 aliphatic carbocycles. The Morgan fingerprint density at radius 2 is 2.19 bits per heavy atom. The Bertz CT molecular complexity index is 496. The monoisotopic (exact) mass is 293 g/mol. The fraction of sp³-hybridized carbons (Fsp3) is 0.429. The van der Waals surface area contributed by atoms with Crippen molar-refractivity contribution >= 4 is 11.8 Å². The summed E-state index contributed by atoms with van der Waals surface area (Å²) in [6, 6.07) is 0. The maximum absolute atomic E-state index is 12.7. The maximum Gasteiger partial charge on any atom is 0.253 e. The van der Waals surface area contributed by atoms with Crippen LogP contribution in [0.2, 0.25) is 0 Å². The highest BCUT2D eigenvalue weighted by atomic mass is 16.2. The Morgan fingerprint density at radius 3 is 2.71 bits per heavy atom. The van der Waals surface area contributed by atoms with Gasteiger partial charge in [-0.1, -0.05) is 12.7 Å². The SMILES string of the molecule is C=C(CN(C(=O)C1=C(N)C=CCC1)C(C)NNC)C(N)=O. The first-order valence-corrected chi connectivity index (χ1v) is 6.74. The van der Waals surface area contributed by atoms with Gasteiger partial charge in [-0.2, -0.15) is 0 Å². The minimum Gasteiger partial charge on any atom is -0.398 e. The van der Waals surface area contributed by atoms with E-state index in [1.165, 1.54) is 4.90 Å². The van der Waals surface area contributed by atoms with E-state index in [0.29, 0.717) is 17.7 Å². The van der Waals surface area contributed by atoms with Gasteiger partial charge in [0.2, 0.25) is 5.91 Å². The summed E-state index contributed by atoms with van der Waals surface area (Å²) in [5, 5.41) is 0. The molecule has 7 heteroatoms. The highest BCUT2D eigenvalue weighted by Gasteiger charge is 2.26. The number of carbonyl (C=O) groups excluding carboxylic acids is 2. The van der Waals surface area contributed by atoms with Gasteiger partial charge in [-0.25, -0.2) is 5.43 Å². The Morgan fingerprint density at radius 1 is 1.52 bits per heavy atom. The lowest BCUT2D eigenvalue weighted by Gasteiger charge is -2.31. The predicted molar refractivity (Wildman–Crippen MR) is 81.3 cm³/mol. The number of rotatable bonds is 7. The molecule has 0 radical (unpaired) electrons. The second-order valence-corrected chi connectivity index (χ2v) is 4.85. The number of hydrogen-bond donors (Lipinski definition) is 4. The van der Waals surface area contributed by atoms with Gasteiger partial charge in [0.05, 0.1) is 12.7 Å². The van der Waals surface area contributed by atoms with Crippen LogP contribution in [-0.4, -0.2) is 36.5 Å². The molecule has 0 aromatic rings. The van der Waals surface area contributed by atoms with Crippen molar-refractivity contribution in [2.45, 2.75) is 25.9 Å². The standard InChI is InChI=1S/C14H23N5O2/c1-9(13(16)20)8-19(10(2)18-17-3)14(21)11-6-4-5-7-12(11)15/h5,7,10,17-18H,1,4,6,8,15H2,2-3H3,(H2,16,20). The Hall–Kier alpha value is -2.12. The van der Waals surface area contributed by atoms with Gasteiger partial charge in [-0.15, -0.1) is 0 Å². The molecule has 0 saturated carbocycles. The minimum absolute atomic E-state index is 0.0461. The summed E-state index contributed by atoms with van der Waals surface area (Å²) in [4.78, 5) is 25.3. The van der Waals surface area contributed by atoms with Crippen LogP contribution >= 0.6 is 0 Å². The molecule has 1 unspecified atom stereocenters. The van der Waals surface area contributed by atoms with E-state index in [-0.39, 0.29) is 24.2 Å². The second-order valence-electron chi connectivity index (χ2n) is 4.85.